The van der Waals surface area contributed by atoms with E-state index in [2.05, 4.69) is 29.8 Å². The van der Waals surface area contributed by atoms with E-state index in [0.717, 1.165) is 17.4 Å². The van der Waals surface area contributed by atoms with E-state index in [1.165, 1.54) is 17.2 Å². The third-order valence-electron chi connectivity index (χ3n) is 4.04. The van der Waals surface area contributed by atoms with Crippen LogP contribution in [0.3, 0.4) is 0 Å². The first kappa shape index (κ1) is 21.7. The van der Waals surface area contributed by atoms with Crippen LogP contribution in [0, 0.1) is 0 Å². The highest BCUT2D eigenvalue weighted by Crippen LogP contribution is 2.35. The summed E-state index contributed by atoms with van der Waals surface area (Å²) in [6, 6.07) is 8.77. The lowest BCUT2D eigenvalue weighted by Gasteiger charge is -2.22. The molecule has 0 bridgehead atoms. The maximum atomic E-state index is 13.1. The first-order valence-electron chi connectivity index (χ1n) is 8.70. The Labute approximate surface area is 179 Å². The van der Waals surface area contributed by atoms with Crippen molar-refractivity contribution in [2.75, 3.05) is 4.90 Å². The molecule has 7 nitrogen and oxygen atoms in total. The molecule has 0 aliphatic heterocycles. The van der Waals surface area contributed by atoms with E-state index in [9.17, 15) is 26.3 Å². The topological polar surface area (TPSA) is 80.8 Å². The molecule has 32 heavy (non-hydrogen) atoms. The smallest absolute Gasteiger partial charge is 0.329 e. The quantitative estimate of drug-likeness (QED) is 0.362. The third-order valence-corrected chi connectivity index (χ3v) is 5.10. The number of halogens is 6. The first-order valence-corrected chi connectivity index (χ1v) is 9.51. The molecule has 0 unspecified atom stereocenters. The number of pyridine rings is 1. The van der Waals surface area contributed by atoms with Gasteiger partial charge in [-0.2, -0.15) is 36.4 Å². The molecule has 4 aromatic heterocycles. The van der Waals surface area contributed by atoms with Crippen LogP contribution in [-0.4, -0.2) is 25.3 Å². The van der Waals surface area contributed by atoms with Crippen molar-refractivity contribution in [1.82, 2.24) is 25.3 Å². The van der Waals surface area contributed by atoms with Crippen LogP contribution in [0.1, 0.15) is 16.3 Å². The molecular formula is C18H10F6N6OS. The van der Waals surface area contributed by atoms with Crippen molar-refractivity contribution in [2.24, 2.45) is 0 Å². The largest absolute Gasteiger partial charge is 0.471 e. The van der Waals surface area contributed by atoms with Crippen LogP contribution in [0.25, 0.3) is 10.7 Å². The lowest BCUT2D eigenvalue weighted by Crippen LogP contribution is -2.20. The van der Waals surface area contributed by atoms with E-state index < -0.39 is 23.8 Å². The van der Waals surface area contributed by atoms with Crippen LogP contribution in [-0.2, 0) is 18.9 Å². The van der Waals surface area contributed by atoms with Crippen LogP contribution >= 0.6 is 11.3 Å². The Morgan fingerprint density at radius 3 is 2.44 bits per heavy atom. The van der Waals surface area contributed by atoms with Crippen LogP contribution in [0.15, 0.2) is 53.3 Å². The van der Waals surface area contributed by atoms with Crippen LogP contribution in [0.2, 0.25) is 0 Å². The van der Waals surface area contributed by atoms with Crippen molar-refractivity contribution in [1.29, 1.82) is 0 Å². The molecule has 0 amide bonds. The van der Waals surface area contributed by atoms with Gasteiger partial charge in [0.05, 0.1) is 23.2 Å². The molecule has 0 radical (unpaired) electrons. The van der Waals surface area contributed by atoms with E-state index in [1.807, 2.05) is 0 Å². The molecule has 0 N–H and O–H groups in total. The first-order chi connectivity index (χ1) is 15.1. The summed E-state index contributed by atoms with van der Waals surface area (Å²) in [6.45, 7) is 0.0155. The second-order valence-corrected chi connectivity index (χ2v) is 7.43. The van der Waals surface area contributed by atoms with Gasteiger partial charge < -0.3 is 9.42 Å². The minimum absolute atomic E-state index is 0.0155. The van der Waals surface area contributed by atoms with Crippen molar-refractivity contribution >= 4 is 23.0 Å². The minimum Gasteiger partial charge on any atom is -0.329 e. The fourth-order valence-corrected chi connectivity index (χ4v) is 3.54. The van der Waals surface area contributed by atoms with Gasteiger partial charge in [0.15, 0.2) is 5.82 Å². The molecule has 14 heteroatoms. The van der Waals surface area contributed by atoms with E-state index in [1.54, 1.807) is 24.3 Å². The molecule has 0 fully saturated rings. The Morgan fingerprint density at radius 2 is 1.78 bits per heavy atom. The van der Waals surface area contributed by atoms with Crippen LogP contribution in [0.5, 0.6) is 0 Å². The zero-order chi connectivity index (χ0) is 22.9. The predicted molar refractivity (Wildman–Crippen MR) is 99.7 cm³/mol. The highest BCUT2D eigenvalue weighted by atomic mass is 32.1. The molecule has 0 spiro atoms. The van der Waals surface area contributed by atoms with Crippen molar-refractivity contribution in [3.05, 3.63) is 65.1 Å². The highest BCUT2D eigenvalue weighted by Gasteiger charge is 2.38. The van der Waals surface area contributed by atoms with Crippen molar-refractivity contribution < 1.29 is 30.9 Å². The molecule has 0 aliphatic rings. The molecular weight excluding hydrogens is 462 g/mol. The zero-order valence-corrected chi connectivity index (χ0v) is 16.4. The van der Waals surface area contributed by atoms with E-state index in [4.69, 9.17) is 0 Å². The Kier molecular flexibility index (Phi) is 5.54. The van der Waals surface area contributed by atoms with E-state index in [0.29, 0.717) is 16.9 Å². The number of alkyl halides is 6. The average molecular weight is 472 g/mol. The lowest BCUT2D eigenvalue weighted by atomic mass is 10.2. The fourth-order valence-electron chi connectivity index (χ4n) is 2.61. The second-order valence-electron chi connectivity index (χ2n) is 6.26. The van der Waals surface area contributed by atoms with Gasteiger partial charge in [-0.25, -0.2) is 4.98 Å². The highest BCUT2D eigenvalue weighted by molar-refractivity contribution is 7.15. The van der Waals surface area contributed by atoms with E-state index in [-0.39, 0.29) is 23.1 Å². The van der Waals surface area contributed by atoms with E-state index >= 15 is 0 Å². The molecule has 4 heterocycles. The normalized spacial score (nSPS) is 12.2. The van der Waals surface area contributed by atoms with Gasteiger partial charge in [0.2, 0.25) is 5.82 Å². The predicted octanol–water partition coefficient (Wildman–Crippen LogP) is 5.36. The van der Waals surface area contributed by atoms with Gasteiger partial charge in [0.25, 0.3) is 0 Å². The molecule has 0 saturated heterocycles. The summed E-state index contributed by atoms with van der Waals surface area (Å²) in [4.78, 5) is 9.75. The van der Waals surface area contributed by atoms with Crippen LogP contribution in [0.4, 0.5) is 38.0 Å². The summed E-state index contributed by atoms with van der Waals surface area (Å²) >= 11 is 1.05. The number of anilines is 2. The summed E-state index contributed by atoms with van der Waals surface area (Å²) in [5, 5.41) is 10.6. The van der Waals surface area contributed by atoms with Gasteiger partial charge in [-0.3, -0.25) is 0 Å². The maximum Gasteiger partial charge on any atom is 0.471 e. The summed E-state index contributed by atoms with van der Waals surface area (Å²) in [6.07, 6.45) is -7.33. The Balaban J connectivity index is 1.66. The summed E-state index contributed by atoms with van der Waals surface area (Å²) in [5.74, 6) is -1.53. The Morgan fingerprint density at radius 1 is 0.969 bits per heavy atom. The molecule has 0 atom stereocenters. The SMILES string of the molecule is FC(F)(F)c1cnnc(N(Cc2ccc(-c3noc(C(F)(F)F)n3)s2)c2ccccn2)c1. The van der Waals surface area contributed by atoms with Gasteiger partial charge in [-0.1, -0.05) is 11.2 Å². The summed E-state index contributed by atoms with van der Waals surface area (Å²) in [7, 11) is 0. The van der Waals surface area contributed by atoms with Gasteiger partial charge >= 0.3 is 18.2 Å². The van der Waals surface area contributed by atoms with Gasteiger partial charge in [0, 0.05) is 11.1 Å². The minimum atomic E-state index is -4.77. The lowest BCUT2D eigenvalue weighted by molar-refractivity contribution is -0.159. The van der Waals surface area contributed by atoms with Gasteiger partial charge in [-0.15, -0.1) is 16.4 Å². The number of rotatable bonds is 5. The molecule has 166 valence electrons. The van der Waals surface area contributed by atoms with Gasteiger partial charge in [0.1, 0.15) is 5.82 Å². The molecule has 0 saturated carbocycles. The van der Waals surface area contributed by atoms with Crippen molar-refractivity contribution in [2.45, 2.75) is 18.9 Å². The Hall–Kier alpha value is -3.55. The molecule has 4 rings (SSSR count). The number of nitrogens with zero attached hydrogens (tertiary/aromatic N) is 6. The monoisotopic (exact) mass is 472 g/mol. The number of thiophene rings is 1. The standard InChI is InChI=1S/C18H10F6N6OS/c19-17(20,21)10-7-14(28-26-8-10)30(13-3-1-2-6-25-13)9-11-4-5-12(32-11)15-27-16(31-29-15)18(22,23)24/h1-8H,9H2. The molecule has 0 aliphatic carbocycles. The van der Waals surface area contributed by atoms with Crippen molar-refractivity contribution in [3.8, 4) is 10.7 Å². The van der Waals surface area contributed by atoms with Crippen molar-refractivity contribution in [3.63, 3.8) is 0 Å². The maximum absolute atomic E-state index is 13.1. The fraction of sp³-hybridized carbons (Fsp3) is 0.167. The average Bonchev–Trinajstić information content (AvgIpc) is 3.41. The molecule has 4 aromatic rings. The third kappa shape index (κ3) is 4.69. The number of hydrogen-bond acceptors (Lipinski definition) is 8. The summed E-state index contributed by atoms with van der Waals surface area (Å²) in [5.41, 5.74) is -0.984. The number of aromatic nitrogens is 5. The van der Waals surface area contributed by atoms with Gasteiger partial charge in [-0.05, 0) is 30.3 Å². The second kappa shape index (κ2) is 8.18. The van der Waals surface area contributed by atoms with Crippen LogP contribution < -0.4 is 4.90 Å². The zero-order valence-electron chi connectivity index (χ0n) is 15.6. The Bertz CT molecular complexity index is 1210. The number of hydrogen-bond donors (Lipinski definition) is 0. The molecule has 0 aromatic carbocycles. The summed E-state index contributed by atoms with van der Waals surface area (Å²) < 4.78 is 81.7.